The summed E-state index contributed by atoms with van der Waals surface area (Å²) < 4.78 is 29.8. The van der Waals surface area contributed by atoms with E-state index in [0.29, 0.717) is 0 Å². The second-order valence-corrected chi connectivity index (χ2v) is 2.61. The molecule has 1 rings (SSSR count). The minimum Gasteiger partial charge on any atom is -0.494 e. The van der Waals surface area contributed by atoms with Gasteiger partial charge in [0.1, 0.15) is 11.6 Å². The fourth-order valence-corrected chi connectivity index (χ4v) is 1.14. The lowest BCUT2D eigenvalue weighted by molar-refractivity contribution is -0.391. The fourth-order valence-electron chi connectivity index (χ4n) is 1.14. The van der Waals surface area contributed by atoms with Gasteiger partial charge >= 0.3 is 5.82 Å². The maximum absolute atomic E-state index is 12.6. The molecule has 0 radical (unpaired) electrons. The van der Waals surface area contributed by atoms with Crippen molar-refractivity contribution in [3.05, 3.63) is 27.4 Å². The Kier molecular flexibility index (Phi) is 3.30. The molecule has 1 aromatic rings. The third-order valence-corrected chi connectivity index (χ3v) is 1.76. The normalized spacial score (nSPS) is 9.94. The Morgan fingerprint density at radius 1 is 1.69 bits per heavy atom. The number of methoxy groups -OCH3 is 1. The van der Waals surface area contributed by atoms with Gasteiger partial charge in [-0.2, -0.15) is 5.26 Å². The van der Waals surface area contributed by atoms with E-state index >= 15 is 0 Å². The molecule has 0 saturated heterocycles. The Morgan fingerprint density at radius 2 is 2.31 bits per heavy atom. The van der Waals surface area contributed by atoms with Gasteiger partial charge in [0.2, 0.25) is 0 Å². The zero-order valence-electron chi connectivity index (χ0n) is 7.98. The Labute approximate surface area is 88.2 Å². The number of ether oxygens (including phenoxy) is 1. The minimum atomic E-state index is -3.14. The smallest absolute Gasteiger partial charge is 0.376 e. The van der Waals surface area contributed by atoms with Crippen LogP contribution in [0.5, 0.6) is 5.75 Å². The van der Waals surface area contributed by atoms with E-state index in [-0.39, 0.29) is 5.56 Å². The lowest BCUT2D eigenvalue weighted by Gasteiger charge is -2.07. The van der Waals surface area contributed by atoms with Crippen molar-refractivity contribution in [3.8, 4) is 11.8 Å². The molecule has 0 amide bonds. The molecular formula is C8H5F2N3O3. The van der Waals surface area contributed by atoms with Gasteiger partial charge in [0.05, 0.1) is 7.11 Å². The van der Waals surface area contributed by atoms with E-state index in [1.165, 1.54) is 0 Å². The Balaban J connectivity index is 3.58. The summed E-state index contributed by atoms with van der Waals surface area (Å²) >= 11 is 0. The molecule has 8 heteroatoms. The third kappa shape index (κ3) is 1.88. The van der Waals surface area contributed by atoms with Gasteiger partial charge in [0, 0.05) is 0 Å². The summed E-state index contributed by atoms with van der Waals surface area (Å²) in [6.45, 7) is 0. The van der Waals surface area contributed by atoms with Gasteiger partial charge in [-0.25, -0.2) is 8.78 Å². The number of halogens is 2. The highest BCUT2D eigenvalue weighted by molar-refractivity contribution is 5.54. The minimum absolute atomic E-state index is 0.275. The van der Waals surface area contributed by atoms with Gasteiger partial charge < -0.3 is 14.9 Å². The molecule has 0 atom stereocenters. The van der Waals surface area contributed by atoms with Crippen molar-refractivity contribution in [3.63, 3.8) is 0 Å². The van der Waals surface area contributed by atoms with Crippen LogP contribution >= 0.6 is 0 Å². The van der Waals surface area contributed by atoms with Crippen LogP contribution in [0.1, 0.15) is 17.6 Å². The number of alkyl halides is 2. The number of hydrogen-bond acceptors (Lipinski definition) is 5. The predicted octanol–water partition coefficient (Wildman–Crippen LogP) is 1.81. The highest BCUT2D eigenvalue weighted by Gasteiger charge is 2.30. The van der Waals surface area contributed by atoms with Crippen LogP contribution in [0.4, 0.5) is 14.6 Å². The van der Waals surface area contributed by atoms with Crippen LogP contribution in [-0.2, 0) is 0 Å². The Bertz CT molecular complexity index is 470. The molecule has 0 aliphatic rings. The fraction of sp³-hybridized carbons (Fsp3) is 0.250. The topological polar surface area (TPSA) is 89.0 Å². The van der Waals surface area contributed by atoms with E-state index in [4.69, 9.17) is 5.26 Å². The van der Waals surface area contributed by atoms with Crippen LogP contribution in [-0.4, -0.2) is 17.0 Å². The first-order valence-corrected chi connectivity index (χ1v) is 3.92. The molecule has 0 aliphatic carbocycles. The maximum atomic E-state index is 12.6. The molecule has 16 heavy (non-hydrogen) atoms. The number of hydrogen-bond donors (Lipinski definition) is 0. The van der Waals surface area contributed by atoms with Crippen molar-refractivity contribution in [1.29, 1.82) is 5.26 Å². The molecule has 1 heterocycles. The van der Waals surface area contributed by atoms with Crippen molar-refractivity contribution < 1.29 is 18.4 Å². The summed E-state index contributed by atoms with van der Waals surface area (Å²) in [4.78, 5) is 12.6. The van der Waals surface area contributed by atoms with E-state index in [2.05, 4.69) is 9.72 Å². The van der Waals surface area contributed by atoms with Crippen LogP contribution in [0.15, 0.2) is 6.20 Å². The molecule has 0 bridgehead atoms. The number of rotatable bonds is 3. The van der Waals surface area contributed by atoms with Crippen molar-refractivity contribution in [2.24, 2.45) is 0 Å². The summed E-state index contributed by atoms with van der Waals surface area (Å²) in [6, 6.07) is 1.56. The van der Waals surface area contributed by atoms with Gasteiger partial charge in [-0.3, -0.25) is 0 Å². The summed E-state index contributed by atoms with van der Waals surface area (Å²) in [5.74, 6) is -1.52. The van der Waals surface area contributed by atoms with Gasteiger partial charge in [-0.15, -0.1) is 0 Å². The molecule has 0 spiro atoms. The highest BCUT2D eigenvalue weighted by atomic mass is 19.3. The second kappa shape index (κ2) is 4.48. The van der Waals surface area contributed by atoms with Crippen LogP contribution in [0.25, 0.3) is 0 Å². The van der Waals surface area contributed by atoms with Gasteiger partial charge in [-0.1, -0.05) is 0 Å². The number of aromatic nitrogens is 1. The molecule has 0 aliphatic heterocycles. The molecule has 1 aromatic heterocycles. The van der Waals surface area contributed by atoms with Crippen molar-refractivity contribution in [1.82, 2.24) is 4.98 Å². The third-order valence-electron chi connectivity index (χ3n) is 1.76. The number of nitrogens with zero attached hydrogens (tertiary/aromatic N) is 3. The monoisotopic (exact) mass is 229 g/mol. The van der Waals surface area contributed by atoms with Crippen LogP contribution in [0.2, 0.25) is 0 Å². The quantitative estimate of drug-likeness (QED) is 0.582. The molecule has 84 valence electrons. The van der Waals surface area contributed by atoms with Gasteiger partial charge in [0.25, 0.3) is 6.43 Å². The molecular weight excluding hydrogens is 224 g/mol. The molecule has 6 nitrogen and oxygen atoms in total. The Hall–Kier alpha value is -2.30. The van der Waals surface area contributed by atoms with Crippen LogP contribution in [0, 0.1) is 21.4 Å². The van der Waals surface area contributed by atoms with Gasteiger partial charge in [0.15, 0.2) is 17.5 Å². The van der Waals surface area contributed by atoms with E-state index < -0.39 is 28.5 Å². The van der Waals surface area contributed by atoms with Crippen LogP contribution in [0.3, 0.4) is 0 Å². The number of nitro groups is 1. The SMILES string of the molecule is COc1c(C#N)cnc([N+](=O)[O-])c1C(F)F. The molecule has 0 aromatic carbocycles. The highest BCUT2D eigenvalue weighted by Crippen LogP contribution is 2.37. The molecule has 0 saturated carbocycles. The molecule has 0 N–H and O–H groups in total. The largest absolute Gasteiger partial charge is 0.494 e. The van der Waals surface area contributed by atoms with Crippen molar-refractivity contribution in [2.45, 2.75) is 6.43 Å². The molecule has 0 fully saturated rings. The first-order chi connectivity index (χ1) is 7.52. The second-order valence-electron chi connectivity index (χ2n) is 2.61. The first kappa shape index (κ1) is 11.8. The van der Waals surface area contributed by atoms with Crippen molar-refractivity contribution >= 4 is 5.82 Å². The standard InChI is InChI=1S/C8H5F2N3O3/c1-16-6-4(2-11)3-12-8(13(14)15)5(6)7(9)10/h3,7H,1H3. The van der Waals surface area contributed by atoms with E-state index in [0.717, 1.165) is 13.3 Å². The Morgan fingerprint density at radius 3 is 2.69 bits per heavy atom. The maximum Gasteiger partial charge on any atom is 0.376 e. The van der Waals surface area contributed by atoms with E-state index in [9.17, 15) is 18.9 Å². The average Bonchev–Trinajstić information content (AvgIpc) is 2.26. The lowest BCUT2D eigenvalue weighted by atomic mass is 10.1. The van der Waals surface area contributed by atoms with Crippen LogP contribution < -0.4 is 4.74 Å². The summed E-state index contributed by atoms with van der Waals surface area (Å²) in [7, 11) is 1.05. The zero-order chi connectivity index (χ0) is 12.3. The average molecular weight is 229 g/mol. The van der Waals surface area contributed by atoms with Crippen molar-refractivity contribution in [2.75, 3.05) is 7.11 Å². The zero-order valence-corrected chi connectivity index (χ0v) is 7.98. The molecule has 0 unspecified atom stereocenters. The number of pyridine rings is 1. The lowest BCUT2D eigenvalue weighted by Crippen LogP contribution is -2.04. The first-order valence-electron chi connectivity index (χ1n) is 3.92. The van der Waals surface area contributed by atoms with Gasteiger partial charge in [-0.05, 0) is 9.91 Å². The summed E-state index contributed by atoms with van der Waals surface area (Å²) in [5.41, 5.74) is -1.25. The predicted molar refractivity (Wildman–Crippen MR) is 47.1 cm³/mol. The van der Waals surface area contributed by atoms with E-state index in [1.807, 2.05) is 0 Å². The number of nitriles is 1. The summed E-state index contributed by atoms with van der Waals surface area (Å²) in [5, 5.41) is 19.1. The summed E-state index contributed by atoms with van der Waals surface area (Å²) in [6.07, 6.45) is -2.32. The van der Waals surface area contributed by atoms with E-state index in [1.54, 1.807) is 6.07 Å².